The Morgan fingerprint density at radius 2 is 1.29 bits per heavy atom. The van der Waals surface area contributed by atoms with Gasteiger partial charge in [0.2, 0.25) is 0 Å². The fourth-order valence-electron chi connectivity index (χ4n) is 2.99. The SMILES string of the molecule is F[B-]1(F)OC(c2ccccc2)=C(c2ccccc2)c2cccc[n+]21. The molecule has 24 heavy (non-hydrogen) atoms. The van der Waals surface area contributed by atoms with Gasteiger partial charge in [0.15, 0.2) is 5.69 Å². The number of hydrogen-bond donors (Lipinski definition) is 0. The van der Waals surface area contributed by atoms with Crippen LogP contribution >= 0.6 is 0 Å². The van der Waals surface area contributed by atoms with E-state index in [1.54, 1.807) is 30.3 Å². The first-order valence-corrected chi connectivity index (χ1v) is 7.73. The lowest BCUT2D eigenvalue weighted by Crippen LogP contribution is -2.64. The van der Waals surface area contributed by atoms with Crippen molar-refractivity contribution < 1.29 is 17.8 Å². The highest BCUT2D eigenvalue weighted by molar-refractivity contribution is 6.51. The Balaban J connectivity index is 2.06. The molecule has 1 aliphatic rings. The summed E-state index contributed by atoms with van der Waals surface area (Å²) in [7, 11) is -4.18. The van der Waals surface area contributed by atoms with Gasteiger partial charge in [0.25, 0.3) is 0 Å². The maximum absolute atomic E-state index is 14.6. The van der Waals surface area contributed by atoms with Crippen molar-refractivity contribution >= 4 is 18.4 Å². The molecule has 0 radical (unpaired) electrons. The fourth-order valence-corrected chi connectivity index (χ4v) is 2.99. The molecule has 0 saturated heterocycles. The molecule has 118 valence electrons. The molecule has 1 aliphatic heterocycles. The van der Waals surface area contributed by atoms with Gasteiger partial charge in [0.05, 0.1) is 11.3 Å². The van der Waals surface area contributed by atoms with Gasteiger partial charge in [-0.3, -0.25) is 0 Å². The molecule has 0 spiro atoms. The van der Waals surface area contributed by atoms with Crippen molar-refractivity contribution in [1.29, 1.82) is 0 Å². The van der Waals surface area contributed by atoms with Crippen molar-refractivity contribution in [3.63, 3.8) is 0 Å². The highest BCUT2D eigenvalue weighted by Crippen LogP contribution is 2.37. The molecule has 0 bridgehead atoms. The van der Waals surface area contributed by atoms with Gasteiger partial charge < -0.3 is 17.8 Å². The minimum absolute atomic E-state index is 0.206. The number of fused-ring (bicyclic) bond motifs is 1. The summed E-state index contributed by atoms with van der Waals surface area (Å²) < 4.78 is 35.3. The van der Waals surface area contributed by atoms with Crippen molar-refractivity contribution in [3.05, 3.63) is 102 Å². The van der Waals surface area contributed by atoms with Crippen LogP contribution in [0.4, 0.5) is 8.63 Å². The van der Waals surface area contributed by atoms with Gasteiger partial charge in [-0.1, -0.05) is 66.7 Å². The molecule has 0 aliphatic carbocycles. The number of halogens is 2. The zero-order valence-electron chi connectivity index (χ0n) is 12.8. The second-order valence-corrected chi connectivity index (χ2v) is 5.61. The number of nitrogens with zero attached hydrogens (tertiary/aromatic N) is 1. The van der Waals surface area contributed by atoms with Gasteiger partial charge in [-0.25, -0.2) is 0 Å². The molecule has 2 nitrogen and oxygen atoms in total. The first-order valence-electron chi connectivity index (χ1n) is 7.73. The summed E-state index contributed by atoms with van der Waals surface area (Å²) in [6.45, 7) is 0. The lowest BCUT2D eigenvalue weighted by atomic mass is 9.90. The Labute approximate surface area is 138 Å². The third kappa shape index (κ3) is 2.38. The average Bonchev–Trinajstić information content (AvgIpc) is 2.63. The fraction of sp³-hybridized carbons (Fsp3) is 0. The van der Waals surface area contributed by atoms with Gasteiger partial charge in [0.1, 0.15) is 6.20 Å². The lowest BCUT2D eigenvalue weighted by Gasteiger charge is -2.31. The van der Waals surface area contributed by atoms with E-state index < -0.39 is 7.04 Å². The molecular weight excluding hydrogens is 307 g/mol. The van der Waals surface area contributed by atoms with Crippen LogP contribution in [0.1, 0.15) is 16.8 Å². The van der Waals surface area contributed by atoms with Crippen LogP contribution in [0.3, 0.4) is 0 Å². The van der Waals surface area contributed by atoms with Crippen LogP contribution in [-0.4, -0.2) is 7.04 Å². The van der Waals surface area contributed by atoms with Crippen LogP contribution in [0.15, 0.2) is 85.1 Å². The molecular formula is C19H14BF2NO. The van der Waals surface area contributed by atoms with Crippen LogP contribution < -0.4 is 4.48 Å². The van der Waals surface area contributed by atoms with Crippen LogP contribution in [-0.2, 0) is 4.65 Å². The standard InChI is InChI=1S/C19H14BF2NO/c21-20(22)23-14-8-7-13-17(23)18(15-9-3-1-4-10-15)19(24-20)16-11-5-2-6-12-16/h1-14H. The summed E-state index contributed by atoms with van der Waals surface area (Å²) in [5.41, 5.74) is 2.57. The number of rotatable bonds is 2. The number of benzene rings is 2. The van der Waals surface area contributed by atoms with Gasteiger partial charge in [-0.2, -0.15) is 0 Å². The Hall–Kier alpha value is -2.95. The highest BCUT2D eigenvalue weighted by Gasteiger charge is 2.51. The smallest absolute Gasteiger partial charge is 0.598 e. The highest BCUT2D eigenvalue weighted by atomic mass is 19.3. The van der Waals surface area contributed by atoms with Crippen molar-refractivity contribution in [3.8, 4) is 0 Å². The topological polar surface area (TPSA) is 13.1 Å². The zero-order chi connectivity index (χ0) is 16.6. The monoisotopic (exact) mass is 321 g/mol. The average molecular weight is 321 g/mol. The van der Waals surface area contributed by atoms with E-state index in [9.17, 15) is 8.63 Å². The Morgan fingerprint density at radius 3 is 1.96 bits per heavy atom. The summed E-state index contributed by atoms with van der Waals surface area (Å²) in [6, 6.07) is 23.5. The van der Waals surface area contributed by atoms with E-state index in [2.05, 4.69) is 0 Å². The van der Waals surface area contributed by atoms with E-state index in [-0.39, 0.29) is 5.76 Å². The maximum atomic E-state index is 14.6. The molecule has 3 aromatic rings. The molecule has 0 N–H and O–H groups in total. The second-order valence-electron chi connectivity index (χ2n) is 5.61. The molecule has 5 heteroatoms. The first kappa shape index (κ1) is 14.6. The predicted molar refractivity (Wildman–Crippen MR) is 89.9 cm³/mol. The molecule has 0 unspecified atom stereocenters. The van der Waals surface area contributed by atoms with Crippen molar-refractivity contribution in [1.82, 2.24) is 0 Å². The Bertz CT molecular complexity index is 911. The zero-order valence-corrected chi connectivity index (χ0v) is 12.8. The van der Waals surface area contributed by atoms with E-state index in [0.29, 0.717) is 16.8 Å². The van der Waals surface area contributed by atoms with E-state index in [1.165, 1.54) is 6.20 Å². The van der Waals surface area contributed by atoms with Crippen LogP contribution in [0.25, 0.3) is 11.3 Å². The van der Waals surface area contributed by atoms with Crippen LogP contribution in [0.5, 0.6) is 0 Å². The summed E-state index contributed by atoms with van der Waals surface area (Å²) in [6.07, 6.45) is 1.36. The summed E-state index contributed by atoms with van der Waals surface area (Å²) in [5.74, 6) is 0.206. The summed E-state index contributed by atoms with van der Waals surface area (Å²) >= 11 is 0. The van der Waals surface area contributed by atoms with Crippen molar-refractivity contribution in [2.75, 3.05) is 0 Å². The number of pyridine rings is 1. The molecule has 0 fully saturated rings. The maximum Gasteiger partial charge on any atom is 0.834 e. The molecule has 0 saturated carbocycles. The Morgan fingerprint density at radius 1 is 0.708 bits per heavy atom. The second kappa shape index (κ2) is 5.60. The molecule has 2 aromatic carbocycles. The minimum Gasteiger partial charge on any atom is -0.598 e. The molecule has 4 rings (SSSR count). The molecule has 2 heterocycles. The third-order valence-electron chi connectivity index (χ3n) is 4.06. The summed E-state index contributed by atoms with van der Waals surface area (Å²) in [5, 5.41) is 0. The van der Waals surface area contributed by atoms with Crippen LogP contribution in [0, 0.1) is 0 Å². The van der Waals surface area contributed by atoms with E-state index in [1.807, 2.05) is 48.5 Å². The first-order chi connectivity index (χ1) is 11.7. The lowest BCUT2D eigenvalue weighted by molar-refractivity contribution is -0.584. The third-order valence-corrected chi connectivity index (χ3v) is 4.06. The number of hydrogen-bond acceptors (Lipinski definition) is 1. The van der Waals surface area contributed by atoms with E-state index >= 15 is 0 Å². The largest absolute Gasteiger partial charge is 0.834 e. The van der Waals surface area contributed by atoms with E-state index in [4.69, 9.17) is 4.65 Å². The predicted octanol–water partition coefficient (Wildman–Crippen LogP) is 4.14. The van der Waals surface area contributed by atoms with E-state index in [0.717, 1.165) is 10.0 Å². The molecule has 0 amide bonds. The number of aromatic nitrogens is 1. The van der Waals surface area contributed by atoms with Gasteiger partial charge in [-0.15, -0.1) is 0 Å². The quantitative estimate of drug-likeness (QED) is 0.647. The van der Waals surface area contributed by atoms with Gasteiger partial charge in [0, 0.05) is 11.6 Å². The van der Waals surface area contributed by atoms with Crippen molar-refractivity contribution in [2.24, 2.45) is 0 Å². The van der Waals surface area contributed by atoms with Gasteiger partial charge in [-0.05, 0) is 11.6 Å². The Kier molecular flexibility index (Phi) is 3.42. The molecule has 1 aromatic heterocycles. The minimum atomic E-state index is -4.18. The molecule has 0 atom stereocenters. The summed E-state index contributed by atoms with van der Waals surface area (Å²) in [4.78, 5) is 0. The van der Waals surface area contributed by atoms with Gasteiger partial charge >= 0.3 is 7.04 Å². The normalized spacial score (nSPS) is 15.6. The van der Waals surface area contributed by atoms with Crippen molar-refractivity contribution in [2.45, 2.75) is 0 Å². The van der Waals surface area contributed by atoms with Crippen LogP contribution in [0.2, 0.25) is 0 Å².